The first-order chi connectivity index (χ1) is 16.2. The number of benzene rings is 3. The maximum atomic E-state index is 13.4. The number of hydrogen-bond donors (Lipinski definition) is 2. The first-order valence-electron chi connectivity index (χ1n) is 10.3. The van der Waals surface area contributed by atoms with Crippen LogP contribution in [0.1, 0.15) is 18.1 Å². The number of non-ortho nitro benzene ring substituents is 1. The number of nitrogens with zero attached hydrogens (tertiary/aromatic N) is 2. The number of carbonyl (C=O) groups excluding carboxylic acids is 3. The highest BCUT2D eigenvalue weighted by molar-refractivity contribution is 6.46. The number of nitro groups is 1. The second-order valence-electron chi connectivity index (χ2n) is 7.72. The minimum atomic E-state index is -0.546. The third-order valence-corrected chi connectivity index (χ3v) is 5.19. The maximum Gasteiger partial charge on any atom is 0.282 e. The lowest BCUT2D eigenvalue weighted by Gasteiger charge is -2.16. The van der Waals surface area contributed by atoms with Crippen molar-refractivity contribution in [2.45, 2.75) is 13.8 Å². The van der Waals surface area contributed by atoms with E-state index in [0.717, 1.165) is 10.5 Å². The summed E-state index contributed by atoms with van der Waals surface area (Å²) in [5.41, 5.74) is 2.81. The van der Waals surface area contributed by atoms with Crippen LogP contribution in [0.15, 0.2) is 78.5 Å². The van der Waals surface area contributed by atoms with E-state index >= 15 is 0 Å². The quantitative estimate of drug-likeness (QED) is 0.325. The van der Waals surface area contributed by atoms with Crippen molar-refractivity contribution in [3.05, 3.63) is 99.7 Å². The smallest absolute Gasteiger partial charge is 0.282 e. The van der Waals surface area contributed by atoms with Gasteiger partial charge in [0.05, 0.1) is 16.2 Å². The minimum Gasteiger partial charge on any atom is -0.350 e. The summed E-state index contributed by atoms with van der Waals surface area (Å²) in [7, 11) is 0. The predicted molar refractivity (Wildman–Crippen MR) is 128 cm³/mol. The molecule has 1 heterocycles. The van der Waals surface area contributed by atoms with Gasteiger partial charge in [-0.15, -0.1) is 0 Å². The van der Waals surface area contributed by atoms with E-state index in [1.807, 2.05) is 13.0 Å². The molecule has 0 saturated carbocycles. The molecule has 0 radical (unpaired) electrons. The van der Waals surface area contributed by atoms with E-state index in [4.69, 9.17) is 0 Å². The van der Waals surface area contributed by atoms with E-state index in [9.17, 15) is 24.5 Å². The Morgan fingerprint density at radius 3 is 2.15 bits per heavy atom. The van der Waals surface area contributed by atoms with Crippen LogP contribution in [0.2, 0.25) is 0 Å². The Bertz CT molecular complexity index is 1340. The average molecular weight is 456 g/mol. The molecular weight excluding hydrogens is 436 g/mol. The van der Waals surface area contributed by atoms with Gasteiger partial charge in [0, 0.05) is 30.4 Å². The van der Waals surface area contributed by atoms with Gasteiger partial charge in [0.25, 0.3) is 17.5 Å². The number of imide groups is 1. The van der Waals surface area contributed by atoms with Crippen LogP contribution in [-0.4, -0.2) is 22.6 Å². The zero-order valence-corrected chi connectivity index (χ0v) is 18.4. The molecule has 0 saturated heterocycles. The summed E-state index contributed by atoms with van der Waals surface area (Å²) in [6.45, 7) is 3.26. The van der Waals surface area contributed by atoms with Crippen molar-refractivity contribution in [3.8, 4) is 0 Å². The number of hydrogen-bond acceptors (Lipinski definition) is 6. The molecule has 3 amide bonds. The fourth-order valence-corrected chi connectivity index (χ4v) is 3.65. The molecular formula is C25H20N4O5. The first kappa shape index (κ1) is 22.4. The summed E-state index contributed by atoms with van der Waals surface area (Å²) in [6, 6.07) is 19.1. The Hall–Kier alpha value is -4.79. The van der Waals surface area contributed by atoms with Gasteiger partial charge in [0.15, 0.2) is 0 Å². The first-order valence-corrected chi connectivity index (χ1v) is 10.3. The van der Waals surface area contributed by atoms with E-state index in [2.05, 4.69) is 10.6 Å². The number of amides is 3. The van der Waals surface area contributed by atoms with Crippen molar-refractivity contribution in [1.29, 1.82) is 0 Å². The normalized spacial score (nSPS) is 13.3. The Morgan fingerprint density at radius 2 is 1.56 bits per heavy atom. The highest BCUT2D eigenvalue weighted by Gasteiger charge is 2.40. The van der Waals surface area contributed by atoms with Crippen LogP contribution in [0.3, 0.4) is 0 Å². The van der Waals surface area contributed by atoms with Gasteiger partial charge in [-0.3, -0.25) is 24.5 Å². The molecule has 4 rings (SSSR count). The fourth-order valence-electron chi connectivity index (χ4n) is 3.65. The van der Waals surface area contributed by atoms with Crippen LogP contribution in [-0.2, 0) is 14.4 Å². The highest BCUT2D eigenvalue weighted by Crippen LogP contribution is 2.34. The molecule has 170 valence electrons. The van der Waals surface area contributed by atoms with E-state index < -0.39 is 16.7 Å². The van der Waals surface area contributed by atoms with Crippen molar-refractivity contribution in [1.82, 2.24) is 0 Å². The van der Waals surface area contributed by atoms with Crippen LogP contribution in [0.4, 0.5) is 22.7 Å². The van der Waals surface area contributed by atoms with Gasteiger partial charge in [-0.1, -0.05) is 12.1 Å². The maximum absolute atomic E-state index is 13.4. The van der Waals surface area contributed by atoms with E-state index in [1.165, 1.54) is 31.2 Å². The Labute approximate surface area is 194 Å². The molecule has 0 fully saturated rings. The van der Waals surface area contributed by atoms with Crippen LogP contribution in [0.25, 0.3) is 5.57 Å². The molecule has 2 N–H and O–H groups in total. The topological polar surface area (TPSA) is 122 Å². The van der Waals surface area contributed by atoms with Gasteiger partial charge < -0.3 is 10.6 Å². The molecule has 0 bridgehead atoms. The molecule has 9 heteroatoms. The average Bonchev–Trinajstić information content (AvgIpc) is 3.04. The molecule has 1 aliphatic heterocycles. The lowest BCUT2D eigenvalue weighted by atomic mass is 10.0. The van der Waals surface area contributed by atoms with E-state index in [1.54, 1.807) is 42.5 Å². The van der Waals surface area contributed by atoms with Crippen molar-refractivity contribution < 1.29 is 19.3 Å². The Morgan fingerprint density at radius 1 is 0.912 bits per heavy atom. The van der Waals surface area contributed by atoms with Crippen LogP contribution in [0, 0.1) is 17.0 Å². The third-order valence-electron chi connectivity index (χ3n) is 5.19. The highest BCUT2D eigenvalue weighted by atomic mass is 16.6. The van der Waals surface area contributed by atoms with Crippen LogP contribution < -0.4 is 15.5 Å². The summed E-state index contributed by atoms with van der Waals surface area (Å²) in [4.78, 5) is 49.7. The Kier molecular flexibility index (Phi) is 5.92. The Balaban J connectivity index is 1.76. The van der Waals surface area contributed by atoms with Gasteiger partial charge in [-0.2, -0.15) is 0 Å². The zero-order chi connectivity index (χ0) is 24.4. The third kappa shape index (κ3) is 4.40. The van der Waals surface area contributed by atoms with Crippen molar-refractivity contribution >= 4 is 46.0 Å². The molecule has 9 nitrogen and oxygen atoms in total. The van der Waals surface area contributed by atoms with Crippen molar-refractivity contribution in [3.63, 3.8) is 0 Å². The molecule has 0 aromatic heterocycles. The summed E-state index contributed by atoms with van der Waals surface area (Å²) in [6.07, 6.45) is 0. The van der Waals surface area contributed by atoms with Crippen molar-refractivity contribution in [2.24, 2.45) is 0 Å². The number of anilines is 3. The summed E-state index contributed by atoms with van der Waals surface area (Å²) in [5.74, 6) is -1.30. The molecule has 3 aromatic carbocycles. The fraction of sp³-hybridized carbons (Fsp3) is 0.0800. The molecule has 0 aliphatic carbocycles. The predicted octanol–water partition coefficient (Wildman–Crippen LogP) is 4.26. The molecule has 1 aliphatic rings. The molecule has 0 atom stereocenters. The largest absolute Gasteiger partial charge is 0.350 e. The number of carbonyl (C=O) groups is 3. The zero-order valence-electron chi connectivity index (χ0n) is 18.4. The molecule has 34 heavy (non-hydrogen) atoms. The molecule has 0 spiro atoms. The second kappa shape index (κ2) is 8.99. The standard InChI is InChI=1S/C25H20N4O5/c1-15-4-3-5-21(14-15)28-24(31)22(17-6-12-20(13-7-17)29(33)34)23(25(28)32)27-19-10-8-18(9-11-19)26-16(2)30/h3-14,27H,1-2H3,(H,26,30). The molecule has 3 aromatic rings. The number of rotatable bonds is 6. The van der Waals surface area contributed by atoms with Gasteiger partial charge in [-0.25, -0.2) is 4.90 Å². The van der Waals surface area contributed by atoms with Gasteiger partial charge >= 0.3 is 0 Å². The number of nitro benzene ring substituents is 1. The number of nitrogens with one attached hydrogen (secondary N) is 2. The minimum absolute atomic E-state index is 0.0487. The van der Waals surface area contributed by atoms with Crippen molar-refractivity contribution in [2.75, 3.05) is 15.5 Å². The van der Waals surface area contributed by atoms with Gasteiger partial charge in [0.1, 0.15) is 5.70 Å². The molecule has 0 unspecified atom stereocenters. The SMILES string of the molecule is CC(=O)Nc1ccc(NC2=C(c3ccc([N+](=O)[O-])cc3)C(=O)N(c3cccc(C)c3)C2=O)cc1. The van der Waals surface area contributed by atoms with E-state index in [-0.39, 0.29) is 22.9 Å². The summed E-state index contributed by atoms with van der Waals surface area (Å²) < 4.78 is 0. The van der Waals surface area contributed by atoms with Gasteiger partial charge in [-0.05, 0) is 66.6 Å². The summed E-state index contributed by atoms with van der Waals surface area (Å²) in [5, 5.41) is 16.7. The monoisotopic (exact) mass is 456 g/mol. The second-order valence-corrected chi connectivity index (χ2v) is 7.72. The van der Waals surface area contributed by atoms with Crippen LogP contribution in [0.5, 0.6) is 0 Å². The van der Waals surface area contributed by atoms with Crippen LogP contribution >= 0.6 is 0 Å². The van der Waals surface area contributed by atoms with Gasteiger partial charge in [0.2, 0.25) is 5.91 Å². The lowest BCUT2D eigenvalue weighted by Crippen LogP contribution is -2.32. The number of aryl methyl sites for hydroxylation is 1. The summed E-state index contributed by atoms with van der Waals surface area (Å²) >= 11 is 0. The van der Waals surface area contributed by atoms with E-state index in [0.29, 0.717) is 22.6 Å². The lowest BCUT2D eigenvalue weighted by molar-refractivity contribution is -0.384.